The number of hydrogen-bond donors (Lipinski definition) is 2. The molecule has 1 aliphatic rings. The first kappa shape index (κ1) is 12.4. The van der Waals surface area contributed by atoms with Crippen molar-refractivity contribution < 1.29 is 9.59 Å². The Bertz CT molecular complexity index is 479. The fraction of sp³-hybridized carbons (Fsp3) is 0.273. The monoisotopic (exact) mass is 316 g/mol. The van der Waals surface area contributed by atoms with Crippen molar-refractivity contribution >= 4 is 45.0 Å². The molecule has 0 spiro atoms. The van der Waals surface area contributed by atoms with Gasteiger partial charge >= 0.3 is 0 Å². The van der Waals surface area contributed by atoms with Crippen molar-refractivity contribution in [1.82, 2.24) is 5.32 Å². The first-order valence-corrected chi connectivity index (χ1v) is 6.28. The molecular weight excluding hydrogens is 307 g/mol. The van der Waals surface area contributed by atoms with Gasteiger partial charge in [-0.3, -0.25) is 9.59 Å². The number of benzene rings is 1. The summed E-state index contributed by atoms with van der Waals surface area (Å²) in [5.74, 6) is -0.285. The van der Waals surface area contributed by atoms with Crippen LogP contribution in [-0.2, 0) is 9.59 Å². The summed E-state index contributed by atoms with van der Waals surface area (Å²) in [6.45, 7) is 0. The van der Waals surface area contributed by atoms with E-state index in [0.717, 1.165) is 0 Å². The fourth-order valence-corrected chi connectivity index (χ4v) is 2.11. The van der Waals surface area contributed by atoms with Crippen molar-refractivity contribution in [3.05, 3.63) is 27.7 Å². The molecule has 2 N–H and O–H groups in total. The lowest BCUT2D eigenvalue weighted by Gasteiger charge is -2.11. The lowest BCUT2D eigenvalue weighted by molar-refractivity contribution is -0.122. The van der Waals surface area contributed by atoms with Gasteiger partial charge in [0.05, 0.1) is 5.02 Å². The number of amides is 2. The van der Waals surface area contributed by atoms with Crippen molar-refractivity contribution in [3.63, 3.8) is 0 Å². The predicted octanol–water partition coefficient (Wildman–Crippen LogP) is 2.32. The highest BCUT2D eigenvalue weighted by atomic mass is 79.9. The van der Waals surface area contributed by atoms with Crippen LogP contribution in [0.1, 0.15) is 12.8 Å². The summed E-state index contributed by atoms with van der Waals surface area (Å²) < 4.78 is 0.715. The minimum absolute atomic E-state index is 0.0811. The summed E-state index contributed by atoms with van der Waals surface area (Å²) in [5.41, 5.74) is 0.646. The van der Waals surface area contributed by atoms with Gasteiger partial charge in [-0.25, -0.2) is 0 Å². The number of hydrogen-bond acceptors (Lipinski definition) is 2. The van der Waals surface area contributed by atoms with Crippen molar-refractivity contribution in [2.24, 2.45) is 0 Å². The Morgan fingerprint density at radius 2 is 2.29 bits per heavy atom. The summed E-state index contributed by atoms with van der Waals surface area (Å²) in [7, 11) is 0. The Labute approximate surface area is 112 Å². The Kier molecular flexibility index (Phi) is 3.69. The second-order valence-electron chi connectivity index (χ2n) is 3.78. The number of halogens is 2. The number of carbonyl (C=O) groups is 2. The van der Waals surface area contributed by atoms with Crippen molar-refractivity contribution in [2.45, 2.75) is 18.9 Å². The van der Waals surface area contributed by atoms with E-state index in [-0.39, 0.29) is 11.8 Å². The van der Waals surface area contributed by atoms with E-state index in [2.05, 4.69) is 26.6 Å². The van der Waals surface area contributed by atoms with Gasteiger partial charge < -0.3 is 10.6 Å². The van der Waals surface area contributed by atoms with Crippen LogP contribution in [0.25, 0.3) is 0 Å². The molecule has 1 unspecified atom stereocenters. The number of rotatable bonds is 2. The first-order valence-electron chi connectivity index (χ1n) is 5.11. The average Bonchev–Trinajstić information content (AvgIpc) is 2.70. The van der Waals surface area contributed by atoms with Gasteiger partial charge in [-0.05, 0) is 40.5 Å². The Morgan fingerprint density at radius 1 is 1.53 bits per heavy atom. The highest BCUT2D eigenvalue weighted by Crippen LogP contribution is 2.25. The Morgan fingerprint density at radius 3 is 2.88 bits per heavy atom. The second kappa shape index (κ2) is 5.06. The SMILES string of the molecule is O=C1CCC(C(=O)Nc2ccc(Cl)c(Br)c2)N1. The van der Waals surface area contributed by atoms with Gasteiger partial charge in [0, 0.05) is 16.6 Å². The largest absolute Gasteiger partial charge is 0.344 e. The van der Waals surface area contributed by atoms with Gasteiger partial charge in [0.25, 0.3) is 0 Å². The molecule has 1 atom stereocenters. The van der Waals surface area contributed by atoms with Crippen LogP contribution < -0.4 is 10.6 Å². The summed E-state index contributed by atoms with van der Waals surface area (Å²) in [6.07, 6.45) is 0.946. The van der Waals surface area contributed by atoms with Crippen molar-refractivity contribution in [2.75, 3.05) is 5.32 Å². The van der Waals surface area contributed by atoms with Crippen LogP contribution in [0.4, 0.5) is 5.69 Å². The van der Waals surface area contributed by atoms with E-state index in [1.54, 1.807) is 18.2 Å². The van der Waals surface area contributed by atoms with Crippen LogP contribution in [-0.4, -0.2) is 17.9 Å². The summed E-state index contributed by atoms with van der Waals surface area (Å²) in [4.78, 5) is 22.8. The zero-order chi connectivity index (χ0) is 12.4. The smallest absolute Gasteiger partial charge is 0.246 e. The molecule has 90 valence electrons. The minimum Gasteiger partial charge on any atom is -0.344 e. The molecule has 1 saturated heterocycles. The molecule has 2 amide bonds. The third-order valence-corrected chi connectivity index (χ3v) is 3.71. The Hall–Kier alpha value is -1.07. The van der Waals surface area contributed by atoms with E-state index >= 15 is 0 Å². The number of anilines is 1. The van der Waals surface area contributed by atoms with Gasteiger partial charge in [0.15, 0.2) is 0 Å². The molecule has 6 heteroatoms. The lowest BCUT2D eigenvalue weighted by atomic mass is 10.2. The second-order valence-corrected chi connectivity index (χ2v) is 5.04. The number of carbonyl (C=O) groups excluding carboxylic acids is 2. The summed E-state index contributed by atoms with van der Waals surface area (Å²) in [6, 6.07) is 4.68. The van der Waals surface area contributed by atoms with E-state index < -0.39 is 6.04 Å². The average molecular weight is 318 g/mol. The predicted molar refractivity (Wildman–Crippen MR) is 68.9 cm³/mol. The summed E-state index contributed by atoms with van der Waals surface area (Å²) >= 11 is 9.12. The highest BCUT2D eigenvalue weighted by molar-refractivity contribution is 9.10. The van der Waals surface area contributed by atoms with Crippen molar-refractivity contribution in [3.8, 4) is 0 Å². The minimum atomic E-state index is -0.433. The molecule has 2 rings (SSSR count). The molecule has 1 aromatic carbocycles. The third kappa shape index (κ3) is 2.98. The van der Waals surface area contributed by atoms with Crippen molar-refractivity contribution in [1.29, 1.82) is 0 Å². The quantitative estimate of drug-likeness (QED) is 0.879. The fourth-order valence-electron chi connectivity index (χ4n) is 1.61. The van der Waals surface area contributed by atoms with Gasteiger partial charge in [-0.2, -0.15) is 0 Å². The topological polar surface area (TPSA) is 58.2 Å². The zero-order valence-corrected chi connectivity index (χ0v) is 11.1. The van der Waals surface area contributed by atoms with Gasteiger partial charge in [0.2, 0.25) is 11.8 Å². The molecule has 1 heterocycles. The van der Waals surface area contributed by atoms with E-state index in [1.165, 1.54) is 0 Å². The van der Waals surface area contributed by atoms with Gasteiger partial charge in [-0.1, -0.05) is 11.6 Å². The zero-order valence-electron chi connectivity index (χ0n) is 8.80. The molecule has 1 fully saturated rings. The van der Waals surface area contributed by atoms with Crippen LogP contribution in [0.15, 0.2) is 22.7 Å². The summed E-state index contributed by atoms with van der Waals surface area (Å²) in [5, 5.41) is 5.92. The standard InChI is InChI=1S/C11H10BrClN2O2/c12-7-5-6(1-2-8(7)13)14-11(17)9-3-4-10(16)15-9/h1-2,5,9H,3-4H2,(H,14,17)(H,15,16). The molecule has 0 aromatic heterocycles. The maximum absolute atomic E-state index is 11.8. The van der Waals surface area contributed by atoms with Crippen LogP contribution in [0.2, 0.25) is 5.02 Å². The molecule has 0 aliphatic carbocycles. The first-order chi connectivity index (χ1) is 8.06. The van der Waals surface area contributed by atoms with Crippen LogP contribution in [0, 0.1) is 0 Å². The molecule has 0 radical (unpaired) electrons. The lowest BCUT2D eigenvalue weighted by Crippen LogP contribution is -2.37. The van der Waals surface area contributed by atoms with Crippen LogP contribution in [0.5, 0.6) is 0 Å². The van der Waals surface area contributed by atoms with Gasteiger partial charge in [0.1, 0.15) is 6.04 Å². The molecule has 4 nitrogen and oxygen atoms in total. The maximum Gasteiger partial charge on any atom is 0.246 e. The van der Waals surface area contributed by atoms with E-state index in [0.29, 0.717) is 28.0 Å². The maximum atomic E-state index is 11.8. The van der Waals surface area contributed by atoms with E-state index in [9.17, 15) is 9.59 Å². The normalized spacial score (nSPS) is 18.9. The molecule has 17 heavy (non-hydrogen) atoms. The molecular formula is C11H10BrClN2O2. The van der Waals surface area contributed by atoms with Crippen LogP contribution >= 0.6 is 27.5 Å². The Balaban J connectivity index is 2.03. The molecule has 0 saturated carbocycles. The molecule has 1 aliphatic heterocycles. The van der Waals surface area contributed by atoms with Crippen LogP contribution in [0.3, 0.4) is 0 Å². The molecule has 0 bridgehead atoms. The van der Waals surface area contributed by atoms with E-state index in [1.807, 2.05) is 0 Å². The van der Waals surface area contributed by atoms with E-state index in [4.69, 9.17) is 11.6 Å². The number of nitrogens with one attached hydrogen (secondary N) is 2. The van der Waals surface area contributed by atoms with Gasteiger partial charge in [-0.15, -0.1) is 0 Å². The third-order valence-electron chi connectivity index (χ3n) is 2.50. The highest BCUT2D eigenvalue weighted by Gasteiger charge is 2.27. The molecule has 1 aromatic rings.